The fourth-order valence-corrected chi connectivity index (χ4v) is 5.99. The highest BCUT2D eigenvalue weighted by atomic mass is 35.5. The van der Waals surface area contributed by atoms with Gasteiger partial charge in [-0.05, 0) is 97.5 Å². The van der Waals surface area contributed by atoms with Crippen LogP contribution >= 0.6 is 11.6 Å². The summed E-state index contributed by atoms with van der Waals surface area (Å²) in [5.41, 5.74) is 2.15. The maximum Gasteiger partial charge on any atom is 0.337 e. The quantitative estimate of drug-likeness (QED) is 0.131. The lowest BCUT2D eigenvalue weighted by molar-refractivity contribution is -0.115. The Morgan fingerprint density at radius 3 is 2.33 bits per heavy atom. The second-order valence-electron chi connectivity index (χ2n) is 11.7. The third-order valence-electron chi connectivity index (χ3n) is 8.10. The summed E-state index contributed by atoms with van der Waals surface area (Å²) in [7, 11) is 0. The standard InChI is InChI=1S/C37H33ClN4O6/c1-22-16-26(20-33(38)40-22)36(44)41-27-9-13-28(14-10-27)47-29-11-7-25-19-30(12-8-24(25)18-29)48-35-15-6-23(21-39-35)17-34(43)42-32-5-3-2-4-31(32)37(45)46/h2-8,11-12,15-16,18-21,27-28H,9-10,13-14,17H2,1H3,(H,41,44)(H,42,43)(H,45,46). The monoisotopic (exact) mass is 664 g/mol. The van der Waals surface area contributed by atoms with Gasteiger partial charge in [-0.1, -0.05) is 41.9 Å². The van der Waals surface area contributed by atoms with E-state index in [9.17, 15) is 19.5 Å². The molecule has 0 aliphatic heterocycles. The van der Waals surface area contributed by atoms with Crippen LogP contribution in [-0.2, 0) is 11.2 Å². The first-order valence-electron chi connectivity index (χ1n) is 15.6. The molecule has 0 radical (unpaired) electrons. The van der Waals surface area contributed by atoms with E-state index in [1.165, 1.54) is 6.07 Å². The van der Waals surface area contributed by atoms with E-state index in [-0.39, 0.29) is 41.6 Å². The van der Waals surface area contributed by atoms with Crippen LogP contribution in [-0.4, -0.2) is 45.0 Å². The van der Waals surface area contributed by atoms with E-state index in [2.05, 4.69) is 20.6 Å². The van der Waals surface area contributed by atoms with Crippen LogP contribution in [0.4, 0.5) is 5.69 Å². The van der Waals surface area contributed by atoms with E-state index >= 15 is 0 Å². The minimum Gasteiger partial charge on any atom is -0.490 e. The number of anilines is 1. The maximum absolute atomic E-state index is 12.7. The van der Waals surface area contributed by atoms with Crippen molar-refractivity contribution in [1.29, 1.82) is 0 Å². The molecule has 1 saturated carbocycles. The highest BCUT2D eigenvalue weighted by molar-refractivity contribution is 6.29. The number of nitrogens with one attached hydrogen (secondary N) is 2. The molecule has 10 nitrogen and oxygen atoms in total. The molecular formula is C37H33ClN4O6. The zero-order chi connectivity index (χ0) is 33.6. The Balaban J connectivity index is 0.991. The third-order valence-corrected chi connectivity index (χ3v) is 8.29. The molecule has 6 rings (SSSR count). The highest BCUT2D eigenvalue weighted by Crippen LogP contribution is 2.30. The number of aromatic nitrogens is 2. The van der Waals surface area contributed by atoms with Crippen LogP contribution in [0.15, 0.2) is 91.1 Å². The molecule has 0 spiro atoms. The second-order valence-corrected chi connectivity index (χ2v) is 12.1. The topological polar surface area (TPSA) is 140 Å². The Hall–Kier alpha value is -5.48. The molecule has 1 aliphatic carbocycles. The van der Waals surface area contributed by atoms with Crippen LogP contribution in [0.2, 0.25) is 5.15 Å². The molecule has 1 aliphatic rings. The van der Waals surface area contributed by atoms with E-state index in [1.54, 1.807) is 48.7 Å². The van der Waals surface area contributed by atoms with Gasteiger partial charge in [-0.15, -0.1) is 0 Å². The Kier molecular flexibility index (Phi) is 9.82. The van der Waals surface area contributed by atoms with Gasteiger partial charge in [-0.3, -0.25) is 9.59 Å². The molecule has 2 heterocycles. The number of benzene rings is 3. The average molecular weight is 665 g/mol. The lowest BCUT2D eigenvalue weighted by atomic mass is 9.92. The molecule has 244 valence electrons. The van der Waals surface area contributed by atoms with Crippen LogP contribution in [0.1, 0.15) is 57.7 Å². The molecule has 5 aromatic rings. The van der Waals surface area contributed by atoms with Crippen LogP contribution in [0.25, 0.3) is 10.8 Å². The SMILES string of the molecule is Cc1cc(C(=O)NC2CCC(Oc3ccc4cc(Oc5ccc(CC(=O)Nc6ccccc6C(=O)O)cn5)ccc4c3)CC2)cc(Cl)n1. The first kappa shape index (κ1) is 32.5. The summed E-state index contributed by atoms with van der Waals surface area (Å²) in [6.07, 6.45) is 4.97. The van der Waals surface area contributed by atoms with E-state index < -0.39 is 5.97 Å². The molecule has 1 fully saturated rings. The summed E-state index contributed by atoms with van der Waals surface area (Å²) in [5, 5.41) is 17.4. The van der Waals surface area contributed by atoms with Gasteiger partial charge < -0.3 is 25.2 Å². The molecule has 3 N–H and O–H groups in total. The molecule has 2 amide bonds. The van der Waals surface area contributed by atoms with Crippen molar-refractivity contribution in [2.24, 2.45) is 0 Å². The lowest BCUT2D eigenvalue weighted by Gasteiger charge is -2.29. The molecule has 0 atom stereocenters. The maximum atomic E-state index is 12.7. The van der Waals surface area contributed by atoms with Gasteiger partial charge in [-0.25, -0.2) is 14.8 Å². The highest BCUT2D eigenvalue weighted by Gasteiger charge is 2.24. The fourth-order valence-electron chi connectivity index (χ4n) is 5.74. The van der Waals surface area contributed by atoms with Crippen molar-refractivity contribution in [1.82, 2.24) is 15.3 Å². The molecule has 2 aromatic heterocycles. The Morgan fingerprint density at radius 2 is 1.62 bits per heavy atom. The molecule has 0 bridgehead atoms. The third kappa shape index (κ3) is 8.26. The van der Waals surface area contributed by atoms with Gasteiger partial charge in [-0.2, -0.15) is 0 Å². The number of hydrogen-bond donors (Lipinski definition) is 3. The van der Waals surface area contributed by atoms with Gasteiger partial charge in [0.2, 0.25) is 11.8 Å². The summed E-state index contributed by atoms with van der Waals surface area (Å²) in [6.45, 7) is 1.81. The van der Waals surface area contributed by atoms with Crippen molar-refractivity contribution >= 4 is 45.8 Å². The van der Waals surface area contributed by atoms with Gasteiger partial charge in [0.1, 0.15) is 16.7 Å². The van der Waals surface area contributed by atoms with Gasteiger partial charge in [0.05, 0.1) is 23.8 Å². The number of para-hydroxylation sites is 1. The van der Waals surface area contributed by atoms with Gasteiger partial charge in [0.15, 0.2) is 0 Å². The molecule has 11 heteroatoms. The van der Waals surface area contributed by atoms with Crippen molar-refractivity contribution in [3.63, 3.8) is 0 Å². The number of carboxylic acid groups (broad SMARTS) is 1. The Labute approximate surface area is 282 Å². The van der Waals surface area contributed by atoms with Crippen LogP contribution < -0.4 is 20.1 Å². The number of aryl methyl sites for hydroxylation is 1. The van der Waals surface area contributed by atoms with Crippen molar-refractivity contribution in [2.75, 3.05) is 5.32 Å². The summed E-state index contributed by atoms with van der Waals surface area (Å²) in [5.74, 6) is 0.179. The molecule has 48 heavy (non-hydrogen) atoms. The number of carbonyl (C=O) groups is 3. The zero-order valence-electron chi connectivity index (χ0n) is 26.1. The predicted octanol–water partition coefficient (Wildman–Crippen LogP) is 7.38. The Bertz CT molecular complexity index is 1960. The average Bonchev–Trinajstić information content (AvgIpc) is 3.06. The van der Waals surface area contributed by atoms with Crippen molar-refractivity contribution in [3.05, 3.63) is 119 Å². The normalized spacial score (nSPS) is 15.8. The molecule has 0 unspecified atom stereocenters. The molecule has 0 saturated heterocycles. The number of hydrogen-bond acceptors (Lipinski definition) is 7. The number of carbonyl (C=O) groups excluding carboxylic acids is 2. The van der Waals surface area contributed by atoms with E-state index in [1.807, 2.05) is 43.3 Å². The smallest absolute Gasteiger partial charge is 0.337 e. The summed E-state index contributed by atoms with van der Waals surface area (Å²) >= 11 is 6.02. The van der Waals surface area contributed by atoms with Gasteiger partial charge >= 0.3 is 5.97 Å². The number of rotatable bonds is 10. The number of carboxylic acids is 1. The first-order valence-corrected chi connectivity index (χ1v) is 16.0. The van der Waals surface area contributed by atoms with Crippen molar-refractivity contribution < 1.29 is 29.0 Å². The van der Waals surface area contributed by atoms with E-state index in [0.717, 1.165) is 42.2 Å². The number of nitrogens with zero attached hydrogens (tertiary/aromatic N) is 2. The lowest BCUT2D eigenvalue weighted by Crippen LogP contribution is -2.39. The number of amides is 2. The first-order chi connectivity index (χ1) is 23.2. The number of fused-ring (bicyclic) bond motifs is 1. The summed E-state index contributed by atoms with van der Waals surface area (Å²) in [6, 6.07) is 24.8. The van der Waals surface area contributed by atoms with Crippen LogP contribution in [0.5, 0.6) is 17.4 Å². The molecule has 3 aromatic carbocycles. The fraction of sp³-hybridized carbons (Fsp3) is 0.216. The number of pyridine rings is 2. The van der Waals surface area contributed by atoms with Gasteiger partial charge in [0, 0.05) is 29.6 Å². The van der Waals surface area contributed by atoms with Crippen molar-refractivity contribution in [2.45, 2.75) is 51.2 Å². The van der Waals surface area contributed by atoms with Crippen LogP contribution in [0.3, 0.4) is 0 Å². The minimum absolute atomic E-state index is 0.0254. The minimum atomic E-state index is -1.11. The largest absolute Gasteiger partial charge is 0.490 e. The van der Waals surface area contributed by atoms with Crippen molar-refractivity contribution in [3.8, 4) is 17.4 Å². The summed E-state index contributed by atoms with van der Waals surface area (Å²) < 4.78 is 12.3. The summed E-state index contributed by atoms with van der Waals surface area (Å²) in [4.78, 5) is 45.1. The molecular weight excluding hydrogens is 632 g/mol. The predicted molar refractivity (Wildman–Crippen MR) is 182 cm³/mol. The zero-order valence-corrected chi connectivity index (χ0v) is 26.9. The van der Waals surface area contributed by atoms with E-state index in [4.69, 9.17) is 21.1 Å². The van der Waals surface area contributed by atoms with E-state index in [0.29, 0.717) is 33.6 Å². The Morgan fingerprint density at radius 1 is 0.896 bits per heavy atom. The number of aromatic carboxylic acids is 1. The number of ether oxygens (including phenoxy) is 2. The number of halogens is 1. The van der Waals surface area contributed by atoms with Gasteiger partial charge in [0.25, 0.3) is 5.91 Å². The second kappa shape index (κ2) is 14.5. The van der Waals surface area contributed by atoms with Crippen LogP contribution in [0, 0.1) is 6.92 Å².